The van der Waals surface area contributed by atoms with Crippen molar-refractivity contribution in [1.82, 2.24) is 4.98 Å². The van der Waals surface area contributed by atoms with E-state index in [-0.39, 0.29) is 12.3 Å². The van der Waals surface area contributed by atoms with Crippen molar-refractivity contribution in [1.29, 1.82) is 0 Å². The molecule has 2 aromatic heterocycles. The zero-order valence-electron chi connectivity index (χ0n) is 14.3. The van der Waals surface area contributed by atoms with Gasteiger partial charge in [-0.1, -0.05) is 0 Å². The monoisotopic (exact) mass is 345 g/mol. The lowest BCUT2D eigenvalue weighted by molar-refractivity contribution is -0.136. The van der Waals surface area contributed by atoms with Crippen LogP contribution in [0.3, 0.4) is 0 Å². The lowest BCUT2D eigenvalue weighted by Gasteiger charge is -2.03. The van der Waals surface area contributed by atoms with E-state index in [2.05, 4.69) is 4.98 Å². The molecular formula is C18H19NO6. The van der Waals surface area contributed by atoms with Gasteiger partial charge in [0.25, 0.3) is 0 Å². The first-order valence-corrected chi connectivity index (χ1v) is 7.71. The van der Waals surface area contributed by atoms with Crippen LogP contribution in [0.4, 0.5) is 0 Å². The molecule has 0 unspecified atom stereocenters. The fourth-order valence-corrected chi connectivity index (χ4v) is 2.33. The summed E-state index contributed by atoms with van der Waals surface area (Å²) in [5.41, 5.74) is 1.56. The van der Waals surface area contributed by atoms with Gasteiger partial charge in [0.1, 0.15) is 5.76 Å². The number of rotatable bonds is 7. The minimum absolute atomic E-state index is 0.225. The van der Waals surface area contributed by atoms with Crippen LogP contribution in [0.1, 0.15) is 44.8 Å². The molecular weight excluding hydrogens is 326 g/mol. The normalized spacial score (nSPS) is 10.8. The summed E-state index contributed by atoms with van der Waals surface area (Å²) < 4.78 is 14.9. The maximum Gasteiger partial charge on any atom is 0.340 e. The number of H-pyrrole nitrogens is 1. The summed E-state index contributed by atoms with van der Waals surface area (Å²) in [4.78, 5) is 38.7. The molecule has 0 saturated carbocycles. The zero-order valence-corrected chi connectivity index (χ0v) is 14.3. The SMILES string of the molecule is CCOC(=O)c1c(C)[nH]c(C(=O)COC(=O)/C=C/c2ccco2)c1C. The van der Waals surface area contributed by atoms with Crippen molar-refractivity contribution in [2.45, 2.75) is 20.8 Å². The smallest absolute Gasteiger partial charge is 0.340 e. The second-order valence-corrected chi connectivity index (χ2v) is 5.23. The molecule has 0 aliphatic carbocycles. The number of hydrogen-bond acceptors (Lipinski definition) is 6. The van der Waals surface area contributed by atoms with Gasteiger partial charge >= 0.3 is 11.9 Å². The molecule has 25 heavy (non-hydrogen) atoms. The van der Waals surface area contributed by atoms with Crippen LogP contribution in [-0.4, -0.2) is 35.9 Å². The Balaban J connectivity index is 2.00. The van der Waals surface area contributed by atoms with Gasteiger partial charge in [-0.25, -0.2) is 9.59 Å². The van der Waals surface area contributed by atoms with Crippen molar-refractivity contribution in [2.24, 2.45) is 0 Å². The second kappa shape index (κ2) is 8.14. The van der Waals surface area contributed by atoms with Crippen molar-refractivity contribution in [3.63, 3.8) is 0 Å². The Kier molecular flexibility index (Phi) is 5.94. The van der Waals surface area contributed by atoms with Gasteiger partial charge in [0.15, 0.2) is 6.61 Å². The molecule has 2 heterocycles. The predicted octanol–water partition coefficient (Wildman–Crippen LogP) is 2.84. The summed E-state index contributed by atoms with van der Waals surface area (Å²) in [6.45, 7) is 4.82. The molecule has 0 aliphatic heterocycles. The van der Waals surface area contributed by atoms with Gasteiger partial charge in [-0.2, -0.15) is 0 Å². The number of carbonyl (C=O) groups excluding carboxylic acids is 3. The van der Waals surface area contributed by atoms with Crippen molar-refractivity contribution in [2.75, 3.05) is 13.2 Å². The highest BCUT2D eigenvalue weighted by Gasteiger charge is 2.23. The summed E-state index contributed by atoms with van der Waals surface area (Å²) in [5.74, 6) is -1.10. The molecule has 0 atom stereocenters. The summed E-state index contributed by atoms with van der Waals surface area (Å²) >= 11 is 0. The topological polar surface area (TPSA) is 98.6 Å². The molecule has 7 nitrogen and oxygen atoms in total. The lowest BCUT2D eigenvalue weighted by atomic mass is 10.1. The first-order valence-electron chi connectivity index (χ1n) is 7.71. The quantitative estimate of drug-likeness (QED) is 0.471. The molecule has 0 radical (unpaired) electrons. The van der Waals surface area contributed by atoms with E-state index in [0.717, 1.165) is 0 Å². The first-order chi connectivity index (χ1) is 11.9. The number of esters is 2. The van der Waals surface area contributed by atoms with Gasteiger partial charge in [0, 0.05) is 11.8 Å². The third-order valence-corrected chi connectivity index (χ3v) is 3.47. The summed E-state index contributed by atoms with van der Waals surface area (Å²) in [6, 6.07) is 3.36. The molecule has 7 heteroatoms. The number of carbonyl (C=O) groups is 3. The van der Waals surface area contributed by atoms with Gasteiger partial charge in [0.05, 0.1) is 24.1 Å². The minimum atomic E-state index is -0.670. The number of Topliss-reactive ketones (excluding diaryl/α,β-unsaturated/α-hetero) is 1. The Morgan fingerprint density at radius 1 is 1.24 bits per heavy atom. The first kappa shape index (κ1) is 18.3. The second-order valence-electron chi connectivity index (χ2n) is 5.23. The van der Waals surface area contributed by atoms with E-state index < -0.39 is 24.3 Å². The number of nitrogens with one attached hydrogen (secondary N) is 1. The zero-order chi connectivity index (χ0) is 18.4. The van der Waals surface area contributed by atoms with Crippen molar-refractivity contribution < 1.29 is 28.3 Å². The van der Waals surface area contributed by atoms with Crippen LogP contribution in [0.25, 0.3) is 6.08 Å². The highest BCUT2D eigenvalue weighted by Crippen LogP contribution is 2.19. The van der Waals surface area contributed by atoms with Crippen LogP contribution >= 0.6 is 0 Å². The van der Waals surface area contributed by atoms with E-state index in [1.54, 1.807) is 32.9 Å². The van der Waals surface area contributed by atoms with E-state index in [1.807, 2.05) is 0 Å². The number of aromatic nitrogens is 1. The molecule has 0 amide bonds. The number of aromatic amines is 1. The van der Waals surface area contributed by atoms with Crippen molar-refractivity contribution in [3.05, 3.63) is 52.7 Å². The van der Waals surface area contributed by atoms with Gasteiger partial charge in [-0.05, 0) is 44.5 Å². The third kappa shape index (κ3) is 4.47. The Morgan fingerprint density at radius 2 is 2.00 bits per heavy atom. The predicted molar refractivity (Wildman–Crippen MR) is 89.3 cm³/mol. The van der Waals surface area contributed by atoms with Crippen LogP contribution in [0.5, 0.6) is 0 Å². The fourth-order valence-electron chi connectivity index (χ4n) is 2.33. The van der Waals surface area contributed by atoms with E-state index in [1.165, 1.54) is 18.4 Å². The van der Waals surface area contributed by atoms with Gasteiger partial charge in [-0.3, -0.25) is 4.79 Å². The average molecular weight is 345 g/mol. The summed E-state index contributed by atoms with van der Waals surface area (Å²) in [7, 11) is 0. The number of hydrogen-bond donors (Lipinski definition) is 1. The molecule has 0 spiro atoms. The molecule has 2 rings (SSSR count). The maximum absolute atomic E-state index is 12.2. The Hall–Kier alpha value is -3.09. The van der Waals surface area contributed by atoms with Crippen LogP contribution in [0.15, 0.2) is 28.9 Å². The van der Waals surface area contributed by atoms with Crippen LogP contribution in [-0.2, 0) is 14.3 Å². The standard InChI is InChI=1S/C18H19NO6/c1-4-23-18(22)16-11(2)17(19-12(16)3)14(20)10-25-15(21)8-7-13-6-5-9-24-13/h5-9,19H,4,10H2,1-3H3/b8-7+. The molecule has 0 saturated heterocycles. The van der Waals surface area contributed by atoms with E-state index in [4.69, 9.17) is 13.9 Å². The number of ketones is 1. The van der Waals surface area contributed by atoms with Crippen LogP contribution in [0, 0.1) is 13.8 Å². The average Bonchev–Trinajstić information content (AvgIpc) is 3.18. The van der Waals surface area contributed by atoms with Crippen LogP contribution in [0.2, 0.25) is 0 Å². The molecule has 0 fully saturated rings. The van der Waals surface area contributed by atoms with Gasteiger partial charge in [-0.15, -0.1) is 0 Å². The molecule has 0 bridgehead atoms. The lowest BCUT2D eigenvalue weighted by Crippen LogP contribution is -2.14. The summed E-state index contributed by atoms with van der Waals surface area (Å²) in [5, 5.41) is 0. The fraction of sp³-hybridized carbons (Fsp3) is 0.278. The van der Waals surface area contributed by atoms with Crippen LogP contribution < -0.4 is 0 Å². The Labute approximate surface area is 144 Å². The van der Waals surface area contributed by atoms with Gasteiger partial charge in [0.2, 0.25) is 5.78 Å². The van der Waals surface area contributed by atoms with Crippen molar-refractivity contribution >= 4 is 23.8 Å². The molecule has 0 aromatic carbocycles. The van der Waals surface area contributed by atoms with E-state index >= 15 is 0 Å². The van der Waals surface area contributed by atoms with E-state index in [0.29, 0.717) is 22.6 Å². The van der Waals surface area contributed by atoms with E-state index in [9.17, 15) is 14.4 Å². The van der Waals surface area contributed by atoms with Crippen molar-refractivity contribution in [3.8, 4) is 0 Å². The molecule has 0 aliphatic rings. The largest absolute Gasteiger partial charge is 0.465 e. The highest BCUT2D eigenvalue weighted by molar-refractivity contribution is 6.02. The highest BCUT2D eigenvalue weighted by atomic mass is 16.5. The Bertz CT molecular complexity index is 798. The molecule has 1 N–H and O–H groups in total. The number of furan rings is 1. The number of aryl methyl sites for hydroxylation is 1. The summed E-state index contributed by atoms with van der Waals surface area (Å²) in [6.07, 6.45) is 4.09. The molecule has 2 aromatic rings. The minimum Gasteiger partial charge on any atom is -0.465 e. The maximum atomic E-state index is 12.2. The van der Waals surface area contributed by atoms with Gasteiger partial charge < -0.3 is 18.9 Å². The number of ether oxygens (including phenoxy) is 2. The molecule has 132 valence electrons. The Morgan fingerprint density at radius 3 is 2.64 bits per heavy atom. The third-order valence-electron chi connectivity index (χ3n) is 3.47.